The summed E-state index contributed by atoms with van der Waals surface area (Å²) < 4.78 is 0. The van der Waals surface area contributed by atoms with Crippen molar-refractivity contribution in [3.63, 3.8) is 0 Å². The average molecular weight is 265 g/mol. The van der Waals surface area contributed by atoms with Gasteiger partial charge in [-0.25, -0.2) is 9.97 Å². The Kier molecular flexibility index (Phi) is 6.63. The molecule has 1 rings (SSSR count). The van der Waals surface area contributed by atoms with E-state index < -0.39 is 0 Å². The quantitative estimate of drug-likeness (QED) is 0.665. The van der Waals surface area contributed by atoms with E-state index in [0.29, 0.717) is 12.4 Å². The largest absolute Gasteiger partial charge is 0.370 e. The Bertz CT molecular complexity index is 396. The van der Waals surface area contributed by atoms with Gasteiger partial charge in [0.05, 0.1) is 0 Å². The first-order chi connectivity index (χ1) is 9.17. The van der Waals surface area contributed by atoms with Gasteiger partial charge >= 0.3 is 0 Å². The molecule has 6 heteroatoms. The van der Waals surface area contributed by atoms with Gasteiger partial charge in [-0.1, -0.05) is 13.8 Å². The molecule has 0 radical (unpaired) electrons. The van der Waals surface area contributed by atoms with Crippen LogP contribution in [0.25, 0.3) is 0 Å². The maximum atomic E-state index is 11.7. The smallest absolute Gasteiger partial charge is 0.242 e. The third-order valence-corrected chi connectivity index (χ3v) is 2.53. The van der Waals surface area contributed by atoms with Crippen LogP contribution in [0.4, 0.5) is 11.6 Å². The number of amides is 1. The third-order valence-electron chi connectivity index (χ3n) is 2.53. The molecule has 0 aliphatic carbocycles. The van der Waals surface area contributed by atoms with Gasteiger partial charge in [0.2, 0.25) is 5.91 Å². The fourth-order valence-electron chi connectivity index (χ4n) is 1.47. The molecule has 0 saturated carbocycles. The molecule has 1 aromatic rings. The summed E-state index contributed by atoms with van der Waals surface area (Å²) in [5.41, 5.74) is 0. The van der Waals surface area contributed by atoms with Gasteiger partial charge < -0.3 is 16.0 Å². The summed E-state index contributed by atoms with van der Waals surface area (Å²) in [7, 11) is 0. The van der Waals surface area contributed by atoms with Crippen molar-refractivity contribution in [2.45, 2.75) is 39.7 Å². The molecule has 0 spiro atoms. The molecule has 1 atom stereocenters. The fourth-order valence-corrected chi connectivity index (χ4v) is 1.47. The van der Waals surface area contributed by atoms with Crippen LogP contribution in [-0.2, 0) is 4.79 Å². The summed E-state index contributed by atoms with van der Waals surface area (Å²) in [6.07, 6.45) is 3.44. The molecule has 1 heterocycles. The Morgan fingerprint density at radius 1 is 1.21 bits per heavy atom. The first kappa shape index (κ1) is 15.2. The Morgan fingerprint density at radius 2 is 1.89 bits per heavy atom. The second kappa shape index (κ2) is 8.29. The molecular formula is C13H23N5O. The zero-order chi connectivity index (χ0) is 14.1. The molecule has 6 nitrogen and oxygen atoms in total. The molecule has 0 aromatic carbocycles. The zero-order valence-electron chi connectivity index (χ0n) is 11.9. The normalized spacial score (nSPS) is 11.7. The van der Waals surface area contributed by atoms with Crippen LogP contribution in [0, 0.1) is 0 Å². The van der Waals surface area contributed by atoms with Gasteiger partial charge in [0.1, 0.15) is 24.0 Å². The lowest BCUT2D eigenvalue weighted by Gasteiger charge is -2.14. The van der Waals surface area contributed by atoms with Crippen LogP contribution >= 0.6 is 0 Å². The molecule has 1 aromatic heterocycles. The molecule has 0 bridgehead atoms. The van der Waals surface area contributed by atoms with Crippen LogP contribution in [0.1, 0.15) is 33.6 Å². The molecule has 0 fully saturated rings. The second-order valence-electron chi connectivity index (χ2n) is 4.37. The van der Waals surface area contributed by atoms with Crippen molar-refractivity contribution in [2.24, 2.45) is 0 Å². The van der Waals surface area contributed by atoms with Crippen molar-refractivity contribution < 1.29 is 4.79 Å². The van der Waals surface area contributed by atoms with Crippen molar-refractivity contribution in [2.75, 3.05) is 23.7 Å². The predicted molar refractivity (Wildman–Crippen MR) is 77.2 cm³/mol. The summed E-state index contributed by atoms with van der Waals surface area (Å²) in [6.45, 7) is 7.48. The molecule has 19 heavy (non-hydrogen) atoms. The van der Waals surface area contributed by atoms with Crippen LogP contribution in [0.3, 0.4) is 0 Å². The number of carbonyl (C=O) groups excluding carboxylic acids is 1. The first-order valence-corrected chi connectivity index (χ1v) is 6.77. The lowest BCUT2D eigenvalue weighted by atomic mass is 10.3. The van der Waals surface area contributed by atoms with E-state index in [4.69, 9.17) is 0 Å². The van der Waals surface area contributed by atoms with Crippen LogP contribution < -0.4 is 16.0 Å². The van der Waals surface area contributed by atoms with Crippen LogP contribution in [0.5, 0.6) is 0 Å². The van der Waals surface area contributed by atoms with Crippen molar-refractivity contribution in [3.8, 4) is 0 Å². The standard InChI is InChI=1S/C13H23N5O/c1-4-6-14-11-8-12(17-9-16-11)18-10(3)13(19)15-7-5-2/h8-10H,4-7H2,1-3H3,(H,15,19)(H2,14,16,17,18). The monoisotopic (exact) mass is 265 g/mol. The number of aromatic nitrogens is 2. The van der Waals surface area contributed by atoms with Gasteiger partial charge in [-0.2, -0.15) is 0 Å². The Balaban J connectivity index is 2.53. The molecule has 1 amide bonds. The van der Waals surface area contributed by atoms with E-state index in [9.17, 15) is 4.79 Å². The highest BCUT2D eigenvalue weighted by molar-refractivity contribution is 5.83. The molecule has 0 aliphatic heterocycles. The minimum absolute atomic E-state index is 0.0245. The van der Waals surface area contributed by atoms with Crippen molar-refractivity contribution in [1.29, 1.82) is 0 Å². The number of anilines is 2. The van der Waals surface area contributed by atoms with E-state index in [1.54, 1.807) is 6.07 Å². The first-order valence-electron chi connectivity index (χ1n) is 6.77. The van der Waals surface area contributed by atoms with E-state index in [1.165, 1.54) is 6.33 Å². The molecule has 0 saturated heterocycles. The van der Waals surface area contributed by atoms with Crippen LogP contribution in [-0.4, -0.2) is 35.0 Å². The van der Waals surface area contributed by atoms with Gasteiger partial charge in [-0.05, 0) is 19.8 Å². The summed E-state index contributed by atoms with van der Waals surface area (Å²) in [6, 6.07) is 1.49. The second-order valence-corrected chi connectivity index (χ2v) is 4.37. The number of nitrogens with one attached hydrogen (secondary N) is 3. The maximum Gasteiger partial charge on any atom is 0.242 e. The Labute approximate surface area is 114 Å². The van der Waals surface area contributed by atoms with Gasteiger partial charge in [0, 0.05) is 19.2 Å². The van der Waals surface area contributed by atoms with Crippen molar-refractivity contribution >= 4 is 17.5 Å². The highest BCUT2D eigenvalue weighted by Crippen LogP contribution is 2.09. The van der Waals surface area contributed by atoms with E-state index in [0.717, 1.165) is 25.2 Å². The lowest BCUT2D eigenvalue weighted by Crippen LogP contribution is -2.38. The molecule has 106 valence electrons. The molecule has 1 unspecified atom stereocenters. The zero-order valence-corrected chi connectivity index (χ0v) is 11.9. The van der Waals surface area contributed by atoms with Gasteiger partial charge in [-0.3, -0.25) is 4.79 Å². The molecular weight excluding hydrogens is 242 g/mol. The summed E-state index contributed by atoms with van der Waals surface area (Å²) >= 11 is 0. The lowest BCUT2D eigenvalue weighted by molar-refractivity contribution is -0.121. The van der Waals surface area contributed by atoms with E-state index in [2.05, 4.69) is 32.8 Å². The van der Waals surface area contributed by atoms with Gasteiger partial charge in [-0.15, -0.1) is 0 Å². The third kappa shape index (κ3) is 5.54. The Hall–Kier alpha value is -1.85. The predicted octanol–water partition coefficient (Wildman–Crippen LogP) is 1.63. The fraction of sp³-hybridized carbons (Fsp3) is 0.615. The molecule has 3 N–H and O–H groups in total. The minimum Gasteiger partial charge on any atom is -0.370 e. The Morgan fingerprint density at radius 3 is 2.58 bits per heavy atom. The highest BCUT2D eigenvalue weighted by atomic mass is 16.2. The number of hydrogen-bond donors (Lipinski definition) is 3. The van der Waals surface area contributed by atoms with Gasteiger partial charge in [0.15, 0.2) is 0 Å². The van der Waals surface area contributed by atoms with Crippen LogP contribution in [0.15, 0.2) is 12.4 Å². The summed E-state index contributed by atoms with van der Waals surface area (Å²) in [4.78, 5) is 20.0. The summed E-state index contributed by atoms with van der Waals surface area (Å²) in [5.74, 6) is 1.39. The van der Waals surface area contributed by atoms with E-state index in [-0.39, 0.29) is 11.9 Å². The van der Waals surface area contributed by atoms with Crippen LogP contribution in [0.2, 0.25) is 0 Å². The van der Waals surface area contributed by atoms with Crippen molar-refractivity contribution in [3.05, 3.63) is 12.4 Å². The maximum absolute atomic E-state index is 11.7. The van der Waals surface area contributed by atoms with E-state index >= 15 is 0 Å². The average Bonchev–Trinajstić information content (AvgIpc) is 2.42. The molecule has 0 aliphatic rings. The number of hydrogen-bond acceptors (Lipinski definition) is 5. The number of nitrogens with zero attached hydrogens (tertiary/aromatic N) is 2. The van der Waals surface area contributed by atoms with E-state index in [1.807, 2.05) is 13.8 Å². The number of carbonyl (C=O) groups is 1. The van der Waals surface area contributed by atoms with Gasteiger partial charge in [0.25, 0.3) is 0 Å². The van der Waals surface area contributed by atoms with Crippen molar-refractivity contribution in [1.82, 2.24) is 15.3 Å². The SMILES string of the molecule is CCCNC(=O)C(C)Nc1cc(NCCC)ncn1. The topological polar surface area (TPSA) is 78.9 Å². The highest BCUT2D eigenvalue weighted by Gasteiger charge is 2.12. The summed E-state index contributed by atoms with van der Waals surface area (Å²) in [5, 5.41) is 9.08. The minimum atomic E-state index is -0.319. The number of rotatable bonds is 8.